The van der Waals surface area contributed by atoms with E-state index in [0.29, 0.717) is 19.4 Å². The first kappa shape index (κ1) is 22.4. The molecule has 1 heterocycles. The van der Waals surface area contributed by atoms with Crippen LogP contribution in [0.15, 0.2) is 48.5 Å². The second-order valence-corrected chi connectivity index (χ2v) is 9.56. The minimum Gasteiger partial charge on any atom is -0.480 e. The summed E-state index contributed by atoms with van der Waals surface area (Å²) in [6, 6.07) is 15.6. The molecule has 7 heteroatoms. The number of amides is 2. The first-order valence-corrected chi connectivity index (χ1v) is 12.2. The molecule has 5 rings (SSSR count). The van der Waals surface area contributed by atoms with Crippen LogP contribution in [0, 0.1) is 5.92 Å². The van der Waals surface area contributed by atoms with Gasteiger partial charge in [-0.1, -0.05) is 55.0 Å². The van der Waals surface area contributed by atoms with Crippen LogP contribution in [-0.4, -0.2) is 53.2 Å². The van der Waals surface area contributed by atoms with Gasteiger partial charge in [-0.15, -0.1) is 0 Å². The molecule has 0 spiro atoms. The maximum absolute atomic E-state index is 13.0. The highest BCUT2D eigenvalue weighted by Gasteiger charge is 2.39. The van der Waals surface area contributed by atoms with Crippen molar-refractivity contribution in [1.29, 1.82) is 0 Å². The molecule has 3 atom stereocenters. The molecule has 7 nitrogen and oxygen atoms in total. The van der Waals surface area contributed by atoms with E-state index in [1.54, 1.807) is 0 Å². The highest BCUT2D eigenvalue weighted by atomic mass is 16.5. The second kappa shape index (κ2) is 9.49. The summed E-state index contributed by atoms with van der Waals surface area (Å²) >= 11 is 0. The second-order valence-electron chi connectivity index (χ2n) is 9.56. The number of alkyl carbamates (subject to hydrolysis) is 1. The molecule has 0 radical (unpaired) electrons. The van der Waals surface area contributed by atoms with Crippen LogP contribution in [0.3, 0.4) is 0 Å². The summed E-state index contributed by atoms with van der Waals surface area (Å²) in [6.45, 7) is 0.750. The van der Waals surface area contributed by atoms with E-state index in [9.17, 15) is 19.5 Å². The summed E-state index contributed by atoms with van der Waals surface area (Å²) < 4.78 is 5.66. The summed E-state index contributed by atoms with van der Waals surface area (Å²) in [5.41, 5.74) is 4.70. The average molecular weight is 463 g/mol. The van der Waals surface area contributed by atoms with Gasteiger partial charge in [-0.25, -0.2) is 9.59 Å². The number of carboxylic acids is 1. The van der Waals surface area contributed by atoms with Gasteiger partial charge in [-0.05, 0) is 54.4 Å². The molecule has 1 aliphatic heterocycles. The highest BCUT2D eigenvalue weighted by Crippen LogP contribution is 2.44. The summed E-state index contributed by atoms with van der Waals surface area (Å²) in [5, 5.41) is 12.4. The first-order chi connectivity index (χ1) is 16.5. The molecule has 2 aromatic carbocycles. The Labute approximate surface area is 199 Å². The number of likely N-dealkylation sites (tertiary alicyclic amines) is 1. The molecule has 1 saturated carbocycles. The molecule has 34 heavy (non-hydrogen) atoms. The highest BCUT2D eigenvalue weighted by molar-refractivity contribution is 5.86. The van der Waals surface area contributed by atoms with Crippen LogP contribution in [0.5, 0.6) is 0 Å². The van der Waals surface area contributed by atoms with Crippen molar-refractivity contribution in [2.45, 2.75) is 56.5 Å². The van der Waals surface area contributed by atoms with Gasteiger partial charge in [0.15, 0.2) is 0 Å². The average Bonchev–Trinajstić information content (AvgIpc) is 3.46. The third kappa shape index (κ3) is 4.27. The van der Waals surface area contributed by atoms with Crippen molar-refractivity contribution < 1.29 is 24.2 Å². The number of carbonyl (C=O) groups excluding carboxylic acids is 2. The van der Waals surface area contributed by atoms with Crippen LogP contribution < -0.4 is 5.32 Å². The van der Waals surface area contributed by atoms with Crippen molar-refractivity contribution >= 4 is 18.0 Å². The minimum absolute atomic E-state index is 0.00181. The third-order valence-electron chi connectivity index (χ3n) is 7.51. The molecule has 3 aliphatic rings. The quantitative estimate of drug-likeness (QED) is 0.696. The Morgan fingerprint density at radius 3 is 2.29 bits per heavy atom. The summed E-state index contributed by atoms with van der Waals surface area (Å²) in [4.78, 5) is 38.7. The first-order valence-electron chi connectivity index (χ1n) is 12.2. The Balaban J connectivity index is 1.18. The molecule has 2 fully saturated rings. The van der Waals surface area contributed by atoms with Gasteiger partial charge in [0.2, 0.25) is 5.91 Å². The number of nitrogens with zero attached hydrogens (tertiary/aromatic N) is 1. The fourth-order valence-electron chi connectivity index (χ4n) is 5.87. The molecule has 0 aromatic heterocycles. The van der Waals surface area contributed by atoms with Gasteiger partial charge in [0.25, 0.3) is 0 Å². The number of rotatable bonds is 5. The molecule has 2 amide bonds. The van der Waals surface area contributed by atoms with E-state index < -0.39 is 18.1 Å². The van der Waals surface area contributed by atoms with Crippen molar-refractivity contribution in [3.8, 4) is 11.1 Å². The van der Waals surface area contributed by atoms with Crippen molar-refractivity contribution in [3.05, 3.63) is 59.7 Å². The lowest BCUT2D eigenvalue weighted by Crippen LogP contribution is -2.47. The molecule has 178 valence electrons. The lowest BCUT2D eigenvalue weighted by Gasteiger charge is -2.32. The Hall–Kier alpha value is -3.35. The predicted molar refractivity (Wildman–Crippen MR) is 126 cm³/mol. The van der Waals surface area contributed by atoms with Crippen molar-refractivity contribution in [3.63, 3.8) is 0 Å². The Morgan fingerprint density at radius 2 is 1.62 bits per heavy atom. The van der Waals surface area contributed by atoms with Gasteiger partial charge in [0.1, 0.15) is 12.6 Å². The normalized spacial score (nSPS) is 23.8. The van der Waals surface area contributed by atoms with Crippen molar-refractivity contribution in [1.82, 2.24) is 10.2 Å². The van der Waals surface area contributed by atoms with Crippen LogP contribution in [0.1, 0.15) is 55.6 Å². The standard InChI is InChI=1S/C27H30N2O5/c30-25(29-14-6-13-24(29)26(31)32)17-7-5-8-18(15-17)28-27(33)34-16-23-21-11-3-1-9-19(21)20-10-2-4-12-22(20)23/h1-4,9-12,17-18,23-24H,5-8,13-16H2,(H,28,33)(H,31,32)/t17?,18?,24-/m0/s1. The van der Waals surface area contributed by atoms with Crippen LogP contribution in [-0.2, 0) is 14.3 Å². The van der Waals surface area contributed by atoms with Crippen LogP contribution in [0.25, 0.3) is 11.1 Å². The summed E-state index contributed by atoms with van der Waals surface area (Å²) in [6.07, 6.45) is 3.61. The number of carbonyl (C=O) groups is 3. The SMILES string of the molecule is O=C(NC1CCCC(C(=O)N2CCC[C@H]2C(=O)O)C1)OCC1c2ccccc2-c2ccccc21. The minimum atomic E-state index is -0.935. The number of hydrogen-bond acceptors (Lipinski definition) is 4. The van der Waals surface area contributed by atoms with Crippen LogP contribution in [0.4, 0.5) is 4.79 Å². The zero-order valence-electron chi connectivity index (χ0n) is 19.1. The maximum Gasteiger partial charge on any atom is 0.407 e. The molecule has 2 unspecified atom stereocenters. The number of hydrogen-bond donors (Lipinski definition) is 2. The molecule has 2 aromatic rings. The Kier molecular flexibility index (Phi) is 6.26. The fraction of sp³-hybridized carbons (Fsp3) is 0.444. The smallest absolute Gasteiger partial charge is 0.407 e. The lowest BCUT2D eigenvalue weighted by atomic mass is 9.84. The fourth-order valence-corrected chi connectivity index (χ4v) is 5.87. The molecular formula is C27H30N2O5. The molecule has 0 bridgehead atoms. The van der Waals surface area contributed by atoms with Crippen LogP contribution >= 0.6 is 0 Å². The predicted octanol–water partition coefficient (Wildman–Crippen LogP) is 4.16. The summed E-state index contributed by atoms with van der Waals surface area (Å²) in [7, 11) is 0. The van der Waals surface area contributed by atoms with E-state index >= 15 is 0 Å². The molecule has 2 aliphatic carbocycles. The van der Waals surface area contributed by atoms with Crippen molar-refractivity contribution in [2.24, 2.45) is 5.92 Å². The number of ether oxygens (including phenoxy) is 1. The van der Waals surface area contributed by atoms with E-state index in [1.807, 2.05) is 24.3 Å². The summed E-state index contributed by atoms with van der Waals surface area (Å²) in [5.74, 6) is -1.28. The van der Waals surface area contributed by atoms with E-state index in [2.05, 4.69) is 29.6 Å². The number of nitrogens with one attached hydrogen (secondary N) is 1. The molecule has 2 N–H and O–H groups in total. The number of carboxylic acid groups (broad SMARTS) is 1. The van der Waals surface area contributed by atoms with E-state index in [-0.39, 0.29) is 30.4 Å². The monoisotopic (exact) mass is 462 g/mol. The van der Waals surface area contributed by atoms with Gasteiger partial charge in [-0.3, -0.25) is 4.79 Å². The topological polar surface area (TPSA) is 95.9 Å². The van der Waals surface area contributed by atoms with Gasteiger partial charge in [-0.2, -0.15) is 0 Å². The van der Waals surface area contributed by atoms with Gasteiger partial charge < -0.3 is 20.1 Å². The number of benzene rings is 2. The largest absolute Gasteiger partial charge is 0.480 e. The van der Waals surface area contributed by atoms with Crippen LogP contribution in [0.2, 0.25) is 0 Å². The van der Waals surface area contributed by atoms with Crippen molar-refractivity contribution in [2.75, 3.05) is 13.2 Å². The van der Waals surface area contributed by atoms with E-state index in [0.717, 1.165) is 25.7 Å². The third-order valence-corrected chi connectivity index (χ3v) is 7.51. The zero-order valence-corrected chi connectivity index (χ0v) is 19.1. The van der Waals surface area contributed by atoms with Gasteiger partial charge in [0, 0.05) is 24.4 Å². The zero-order chi connectivity index (χ0) is 23.7. The van der Waals surface area contributed by atoms with Gasteiger partial charge >= 0.3 is 12.1 Å². The van der Waals surface area contributed by atoms with Gasteiger partial charge in [0.05, 0.1) is 0 Å². The molecular weight excluding hydrogens is 432 g/mol. The Bertz CT molecular complexity index is 1050. The van der Waals surface area contributed by atoms with E-state index in [1.165, 1.54) is 27.2 Å². The maximum atomic E-state index is 13.0. The lowest BCUT2D eigenvalue weighted by molar-refractivity contribution is -0.150. The van der Waals surface area contributed by atoms with E-state index in [4.69, 9.17) is 4.74 Å². The molecule has 1 saturated heterocycles. The number of aliphatic carboxylic acids is 1. The number of fused-ring (bicyclic) bond motifs is 3. The Morgan fingerprint density at radius 1 is 0.941 bits per heavy atom.